The molecule has 0 radical (unpaired) electrons. The van der Waals surface area contributed by atoms with Crippen molar-refractivity contribution in [1.82, 2.24) is 0 Å². The Labute approximate surface area is 89.3 Å². The van der Waals surface area contributed by atoms with Gasteiger partial charge < -0.3 is 15.3 Å². The minimum Gasteiger partial charge on any atom is -0.506 e. The molecule has 0 amide bonds. The molecule has 76 valence electrons. The maximum atomic E-state index is 10.5. The molecular weight excluding hydrogens is 231 g/mol. The molecule has 0 heterocycles. The molecule has 0 saturated carbocycles. The second kappa shape index (κ2) is 4.04. The Morgan fingerprint density at radius 3 is 2.43 bits per heavy atom. The zero-order valence-corrected chi connectivity index (χ0v) is 8.25. The molecule has 1 aromatic carbocycles. The van der Waals surface area contributed by atoms with Crippen LogP contribution in [0, 0.1) is 0 Å². The molecule has 3 N–H and O–H groups in total. The predicted molar refractivity (Wildman–Crippen MR) is 50.7 cm³/mol. The van der Waals surface area contributed by atoms with Crippen LogP contribution in [0.15, 0.2) is 12.1 Å². The number of benzene rings is 1. The van der Waals surface area contributed by atoms with E-state index in [1.165, 1.54) is 12.1 Å². The molecule has 6 heteroatoms. The number of halogens is 2. The van der Waals surface area contributed by atoms with Crippen LogP contribution < -0.4 is 0 Å². The third kappa shape index (κ3) is 1.92. The molecule has 0 aromatic heterocycles. The highest BCUT2D eigenvalue weighted by Gasteiger charge is 2.23. The number of carboxylic acid groups (broad SMARTS) is 1. The number of aliphatic hydroxyl groups excluding tert-OH is 1. The minimum absolute atomic E-state index is 0.0114. The number of rotatable bonds is 2. The zero-order chi connectivity index (χ0) is 10.9. The Kier molecular flexibility index (Phi) is 3.21. The maximum absolute atomic E-state index is 10.5. The third-order valence-corrected chi connectivity index (χ3v) is 2.34. The molecule has 0 aliphatic heterocycles. The fourth-order valence-corrected chi connectivity index (χ4v) is 1.51. The van der Waals surface area contributed by atoms with E-state index >= 15 is 0 Å². The Balaban J connectivity index is 3.32. The second-order valence-electron chi connectivity index (χ2n) is 2.53. The van der Waals surface area contributed by atoms with Crippen LogP contribution in [-0.4, -0.2) is 21.3 Å². The van der Waals surface area contributed by atoms with Crippen LogP contribution in [0.3, 0.4) is 0 Å². The summed E-state index contributed by atoms with van der Waals surface area (Å²) in [6.07, 6.45) is -1.85. The van der Waals surface area contributed by atoms with Gasteiger partial charge >= 0.3 is 5.97 Å². The van der Waals surface area contributed by atoms with Gasteiger partial charge in [0.15, 0.2) is 6.10 Å². The molecule has 0 spiro atoms. The molecule has 4 nitrogen and oxygen atoms in total. The van der Waals surface area contributed by atoms with Crippen molar-refractivity contribution in [2.45, 2.75) is 6.10 Å². The summed E-state index contributed by atoms with van der Waals surface area (Å²) < 4.78 is 0. The Morgan fingerprint density at radius 2 is 1.93 bits per heavy atom. The van der Waals surface area contributed by atoms with Crippen LogP contribution in [0.1, 0.15) is 11.7 Å². The van der Waals surface area contributed by atoms with Crippen LogP contribution in [0.25, 0.3) is 0 Å². The monoisotopic (exact) mass is 236 g/mol. The maximum Gasteiger partial charge on any atom is 0.337 e. The summed E-state index contributed by atoms with van der Waals surface area (Å²) in [5.74, 6) is -1.81. The number of aliphatic carboxylic acids is 1. The number of carboxylic acids is 1. The van der Waals surface area contributed by atoms with Crippen molar-refractivity contribution in [2.75, 3.05) is 0 Å². The number of phenolic OH excluding ortho intramolecular Hbond substituents is 1. The van der Waals surface area contributed by atoms with Gasteiger partial charge in [0.25, 0.3) is 0 Å². The Bertz CT molecular complexity index is 378. The van der Waals surface area contributed by atoms with Gasteiger partial charge in [0.05, 0.1) is 5.02 Å². The normalized spacial score (nSPS) is 12.5. The van der Waals surface area contributed by atoms with Crippen LogP contribution in [0.5, 0.6) is 5.75 Å². The Hall–Kier alpha value is -0.970. The molecule has 14 heavy (non-hydrogen) atoms. The van der Waals surface area contributed by atoms with E-state index in [1.54, 1.807) is 0 Å². The van der Waals surface area contributed by atoms with Crippen LogP contribution in [-0.2, 0) is 4.79 Å². The molecule has 0 saturated heterocycles. The fourth-order valence-electron chi connectivity index (χ4n) is 0.932. The summed E-state index contributed by atoms with van der Waals surface area (Å²) in [6, 6.07) is 2.47. The van der Waals surface area contributed by atoms with Crippen LogP contribution >= 0.6 is 23.2 Å². The van der Waals surface area contributed by atoms with Gasteiger partial charge in [-0.3, -0.25) is 0 Å². The van der Waals surface area contributed by atoms with Crippen molar-refractivity contribution in [3.8, 4) is 5.75 Å². The second-order valence-corrected chi connectivity index (χ2v) is 3.32. The van der Waals surface area contributed by atoms with Crippen molar-refractivity contribution in [2.24, 2.45) is 0 Å². The number of hydrogen-bond acceptors (Lipinski definition) is 3. The van der Waals surface area contributed by atoms with E-state index in [0.29, 0.717) is 0 Å². The molecule has 1 aromatic rings. The summed E-state index contributed by atoms with van der Waals surface area (Å²) in [5, 5.41) is 26.6. The summed E-state index contributed by atoms with van der Waals surface area (Å²) >= 11 is 11.2. The van der Waals surface area contributed by atoms with E-state index in [-0.39, 0.29) is 21.4 Å². The summed E-state index contributed by atoms with van der Waals surface area (Å²) in [7, 11) is 0. The van der Waals surface area contributed by atoms with E-state index in [1.807, 2.05) is 0 Å². The van der Waals surface area contributed by atoms with Gasteiger partial charge in [-0.2, -0.15) is 0 Å². The largest absolute Gasteiger partial charge is 0.506 e. The standard InChI is InChI=1S/C8H6Cl2O4/c9-3-1-2-4(11)6(10)5(3)7(12)8(13)14/h1-2,7,11-12H,(H,13,14). The first-order chi connectivity index (χ1) is 6.45. The molecule has 0 aliphatic rings. The molecule has 1 rings (SSSR count). The van der Waals surface area contributed by atoms with E-state index < -0.39 is 12.1 Å². The Morgan fingerprint density at radius 1 is 1.36 bits per heavy atom. The lowest BCUT2D eigenvalue weighted by molar-refractivity contribution is -0.146. The number of carbonyl (C=O) groups is 1. The zero-order valence-electron chi connectivity index (χ0n) is 6.74. The topological polar surface area (TPSA) is 77.8 Å². The first-order valence-electron chi connectivity index (χ1n) is 3.53. The van der Waals surface area contributed by atoms with Gasteiger partial charge in [-0.25, -0.2) is 4.79 Å². The van der Waals surface area contributed by atoms with Crippen LogP contribution in [0.2, 0.25) is 10.0 Å². The average Bonchev–Trinajstić information content (AvgIpc) is 2.12. The lowest BCUT2D eigenvalue weighted by Crippen LogP contribution is -2.11. The van der Waals surface area contributed by atoms with E-state index in [4.69, 9.17) is 33.4 Å². The van der Waals surface area contributed by atoms with Crippen LogP contribution in [0.4, 0.5) is 0 Å². The highest BCUT2D eigenvalue weighted by Crippen LogP contribution is 2.36. The van der Waals surface area contributed by atoms with Gasteiger partial charge in [0.2, 0.25) is 0 Å². The lowest BCUT2D eigenvalue weighted by Gasteiger charge is -2.10. The lowest BCUT2D eigenvalue weighted by atomic mass is 10.1. The predicted octanol–water partition coefficient (Wildman–Crippen LogP) is 1.82. The summed E-state index contributed by atoms with van der Waals surface area (Å²) in [6.45, 7) is 0. The first kappa shape index (κ1) is 11.1. The average molecular weight is 237 g/mol. The fraction of sp³-hybridized carbons (Fsp3) is 0.125. The van der Waals surface area contributed by atoms with Gasteiger partial charge in [-0.05, 0) is 12.1 Å². The van der Waals surface area contributed by atoms with Crippen molar-refractivity contribution >= 4 is 29.2 Å². The van der Waals surface area contributed by atoms with Gasteiger partial charge in [-0.15, -0.1) is 0 Å². The highest BCUT2D eigenvalue weighted by atomic mass is 35.5. The minimum atomic E-state index is -1.85. The number of phenols is 1. The molecule has 1 unspecified atom stereocenters. The summed E-state index contributed by atoms with van der Waals surface area (Å²) in [4.78, 5) is 10.5. The van der Waals surface area contributed by atoms with E-state index in [9.17, 15) is 9.90 Å². The highest BCUT2D eigenvalue weighted by molar-refractivity contribution is 6.37. The molecule has 1 atom stereocenters. The first-order valence-corrected chi connectivity index (χ1v) is 4.28. The van der Waals surface area contributed by atoms with Gasteiger partial charge in [-0.1, -0.05) is 23.2 Å². The molecule has 0 bridgehead atoms. The van der Waals surface area contributed by atoms with Crippen molar-refractivity contribution in [3.63, 3.8) is 0 Å². The number of aliphatic hydroxyl groups is 1. The number of hydrogen-bond donors (Lipinski definition) is 3. The summed E-state index contributed by atoms with van der Waals surface area (Å²) in [5.41, 5.74) is -0.208. The molecule has 0 fully saturated rings. The SMILES string of the molecule is O=C(O)C(O)c1c(Cl)ccc(O)c1Cl. The molecular formula is C8H6Cl2O4. The molecule has 0 aliphatic carbocycles. The number of aromatic hydroxyl groups is 1. The van der Waals surface area contributed by atoms with Crippen molar-refractivity contribution < 1.29 is 20.1 Å². The third-order valence-electron chi connectivity index (χ3n) is 1.61. The van der Waals surface area contributed by atoms with E-state index in [0.717, 1.165) is 0 Å². The van der Waals surface area contributed by atoms with Crippen molar-refractivity contribution in [1.29, 1.82) is 0 Å². The quantitative estimate of drug-likeness (QED) is 0.732. The smallest absolute Gasteiger partial charge is 0.337 e. The van der Waals surface area contributed by atoms with E-state index in [2.05, 4.69) is 0 Å². The van der Waals surface area contributed by atoms with Gasteiger partial charge in [0.1, 0.15) is 5.75 Å². The van der Waals surface area contributed by atoms with Gasteiger partial charge in [0, 0.05) is 10.6 Å². The van der Waals surface area contributed by atoms with Crippen molar-refractivity contribution in [3.05, 3.63) is 27.7 Å².